The van der Waals surface area contributed by atoms with Crippen LogP contribution in [0.2, 0.25) is 0 Å². The van der Waals surface area contributed by atoms with Crippen molar-refractivity contribution in [2.75, 3.05) is 6.61 Å². The van der Waals surface area contributed by atoms with Gasteiger partial charge in [0.05, 0.1) is 11.6 Å². The molecule has 2 nitrogen and oxygen atoms in total. The standard InChI is InChI=1S/C16H24FNO/c1-3-19-16(10-6-7-12(2)11-16)15(18)13-8-4-5-9-14(13)17/h4-5,8-9,12,15H,3,6-7,10-11,18H2,1-2H3. The van der Waals surface area contributed by atoms with Crippen molar-refractivity contribution in [3.63, 3.8) is 0 Å². The number of ether oxygens (including phenoxy) is 1. The molecule has 1 fully saturated rings. The summed E-state index contributed by atoms with van der Waals surface area (Å²) in [5.41, 5.74) is 6.55. The Kier molecular flexibility index (Phi) is 4.58. The molecule has 2 rings (SSSR count). The van der Waals surface area contributed by atoms with Gasteiger partial charge in [-0.1, -0.05) is 38.0 Å². The maximum Gasteiger partial charge on any atom is 0.128 e. The predicted octanol–water partition coefficient (Wildman–Crippen LogP) is 3.81. The van der Waals surface area contributed by atoms with E-state index in [0.717, 1.165) is 19.3 Å². The molecule has 0 aromatic heterocycles. The smallest absolute Gasteiger partial charge is 0.128 e. The SMILES string of the molecule is CCOC1(C(N)c2ccccc2F)CCCC(C)C1. The fourth-order valence-corrected chi connectivity index (χ4v) is 3.35. The van der Waals surface area contributed by atoms with Gasteiger partial charge < -0.3 is 10.5 Å². The molecule has 1 saturated carbocycles. The largest absolute Gasteiger partial charge is 0.373 e. The lowest BCUT2D eigenvalue weighted by molar-refractivity contribution is -0.0944. The van der Waals surface area contributed by atoms with Crippen LogP contribution in [-0.4, -0.2) is 12.2 Å². The molecule has 1 aliphatic carbocycles. The number of benzene rings is 1. The zero-order chi connectivity index (χ0) is 13.9. The van der Waals surface area contributed by atoms with Crippen LogP contribution < -0.4 is 5.73 Å². The molecule has 0 amide bonds. The summed E-state index contributed by atoms with van der Waals surface area (Å²) in [4.78, 5) is 0. The molecule has 0 bridgehead atoms. The zero-order valence-electron chi connectivity index (χ0n) is 11.9. The van der Waals surface area contributed by atoms with E-state index in [1.807, 2.05) is 13.0 Å². The van der Waals surface area contributed by atoms with Gasteiger partial charge in [-0.25, -0.2) is 4.39 Å². The van der Waals surface area contributed by atoms with Crippen LogP contribution in [0.1, 0.15) is 51.1 Å². The molecule has 2 N–H and O–H groups in total. The Labute approximate surface area is 115 Å². The second kappa shape index (κ2) is 6.02. The molecule has 3 heteroatoms. The first-order chi connectivity index (χ1) is 9.09. The minimum Gasteiger partial charge on any atom is -0.373 e. The van der Waals surface area contributed by atoms with Crippen LogP contribution >= 0.6 is 0 Å². The number of hydrogen-bond donors (Lipinski definition) is 1. The van der Waals surface area contributed by atoms with Crippen molar-refractivity contribution in [2.24, 2.45) is 11.7 Å². The van der Waals surface area contributed by atoms with E-state index in [4.69, 9.17) is 10.5 Å². The zero-order valence-corrected chi connectivity index (χ0v) is 11.9. The third kappa shape index (κ3) is 2.98. The number of rotatable bonds is 4. The Morgan fingerprint density at radius 1 is 1.47 bits per heavy atom. The average Bonchev–Trinajstić information content (AvgIpc) is 2.39. The van der Waals surface area contributed by atoms with Crippen molar-refractivity contribution in [1.29, 1.82) is 0 Å². The quantitative estimate of drug-likeness (QED) is 0.898. The summed E-state index contributed by atoms with van der Waals surface area (Å²) in [5, 5.41) is 0. The molecule has 106 valence electrons. The molecule has 1 aliphatic rings. The van der Waals surface area contributed by atoms with E-state index in [1.54, 1.807) is 12.1 Å². The molecule has 1 aromatic carbocycles. The van der Waals surface area contributed by atoms with Crippen molar-refractivity contribution < 1.29 is 9.13 Å². The summed E-state index contributed by atoms with van der Waals surface area (Å²) in [6.07, 6.45) is 4.14. The molecule has 0 saturated heterocycles. The van der Waals surface area contributed by atoms with Gasteiger partial charge in [-0.15, -0.1) is 0 Å². The molecule has 3 unspecified atom stereocenters. The second-order valence-electron chi connectivity index (χ2n) is 5.70. The van der Waals surface area contributed by atoms with Crippen molar-refractivity contribution in [2.45, 2.75) is 51.2 Å². The van der Waals surface area contributed by atoms with Gasteiger partial charge in [-0.2, -0.15) is 0 Å². The highest BCUT2D eigenvalue weighted by atomic mass is 19.1. The van der Waals surface area contributed by atoms with Crippen LogP contribution in [0.25, 0.3) is 0 Å². The van der Waals surface area contributed by atoms with E-state index >= 15 is 0 Å². The van der Waals surface area contributed by atoms with E-state index in [1.165, 1.54) is 12.5 Å². The first kappa shape index (κ1) is 14.5. The number of hydrogen-bond acceptors (Lipinski definition) is 2. The summed E-state index contributed by atoms with van der Waals surface area (Å²) in [6.45, 7) is 4.82. The maximum atomic E-state index is 14.0. The third-order valence-corrected chi connectivity index (χ3v) is 4.23. The van der Waals surface area contributed by atoms with Gasteiger partial charge in [-0.3, -0.25) is 0 Å². The highest BCUT2D eigenvalue weighted by molar-refractivity contribution is 5.24. The Morgan fingerprint density at radius 2 is 2.21 bits per heavy atom. The lowest BCUT2D eigenvalue weighted by atomic mass is 9.73. The van der Waals surface area contributed by atoms with Gasteiger partial charge in [0.15, 0.2) is 0 Å². The van der Waals surface area contributed by atoms with Crippen LogP contribution in [-0.2, 0) is 4.74 Å². The van der Waals surface area contributed by atoms with Crippen molar-refractivity contribution in [1.82, 2.24) is 0 Å². The summed E-state index contributed by atoms with van der Waals surface area (Å²) < 4.78 is 20.0. The first-order valence-electron chi connectivity index (χ1n) is 7.23. The van der Waals surface area contributed by atoms with Crippen molar-refractivity contribution >= 4 is 0 Å². The predicted molar refractivity (Wildman–Crippen MR) is 75.3 cm³/mol. The molecule has 1 aromatic rings. The van der Waals surface area contributed by atoms with Crippen LogP contribution in [0.15, 0.2) is 24.3 Å². The van der Waals surface area contributed by atoms with E-state index in [2.05, 4.69) is 6.92 Å². The summed E-state index contributed by atoms with van der Waals surface area (Å²) >= 11 is 0. The minimum absolute atomic E-state index is 0.229. The first-order valence-corrected chi connectivity index (χ1v) is 7.23. The third-order valence-electron chi connectivity index (χ3n) is 4.23. The van der Waals surface area contributed by atoms with E-state index in [-0.39, 0.29) is 5.82 Å². The van der Waals surface area contributed by atoms with Crippen LogP contribution in [0, 0.1) is 11.7 Å². The minimum atomic E-state index is -0.408. The molecule has 19 heavy (non-hydrogen) atoms. The molecule has 0 spiro atoms. The van der Waals surface area contributed by atoms with Gasteiger partial charge in [0, 0.05) is 12.2 Å². The normalized spacial score (nSPS) is 29.2. The van der Waals surface area contributed by atoms with E-state index in [0.29, 0.717) is 18.1 Å². The van der Waals surface area contributed by atoms with Gasteiger partial charge in [0.25, 0.3) is 0 Å². The number of nitrogens with two attached hydrogens (primary N) is 1. The van der Waals surface area contributed by atoms with Gasteiger partial charge in [-0.05, 0) is 31.7 Å². The Balaban J connectivity index is 2.30. The van der Waals surface area contributed by atoms with Crippen molar-refractivity contribution in [3.8, 4) is 0 Å². The van der Waals surface area contributed by atoms with Crippen LogP contribution in [0.3, 0.4) is 0 Å². The summed E-state index contributed by atoms with van der Waals surface area (Å²) in [5.74, 6) is 0.352. The van der Waals surface area contributed by atoms with Crippen molar-refractivity contribution in [3.05, 3.63) is 35.6 Å². The Bertz CT molecular complexity index is 419. The van der Waals surface area contributed by atoms with Gasteiger partial charge >= 0.3 is 0 Å². The summed E-state index contributed by atoms with van der Waals surface area (Å²) in [6, 6.07) is 6.39. The molecule has 0 radical (unpaired) electrons. The van der Waals surface area contributed by atoms with E-state index in [9.17, 15) is 4.39 Å². The van der Waals surface area contributed by atoms with Gasteiger partial charge in [0.2, 0.25) is 0 Å². The molecular formula is C16H24FNO. The topological polar surface area (TPSA) is 35.2 Å². The molecule has 0 heterocycles. The van der Waals surface area contributed by atoms with Gasteiger partial charge in [0.1, 0.15) is 5.82 Å². The Hall–Kier alpha value is -0.930. The fourth-order valence-electron chi connectivity index (χ4n) is 3.35. The highest BCUT2D eigenvalue weighted by Gasteiger charge is 2.42. The monoisotopic (exact) mass is 265 g/mol. The van der Waals surface area contributed by atoms with E-state index < -0.39 is 11.6 Å². The van der Waals surface area contributed by atoms with Crippen LogP contribution in [0.4, 0.5) is 4.39 Å². The fraction of sp³-hybridized carbons (Fsp3) is 0.625. The van der Waals surface area contributed by atoms with Crippen LogP contribution in [0.5, 0.6) is 0 Å². The summed E-state index contributed by atoms with van der Waals surface area (Å²) in [7, 11) is 0. The molecule has 0 aliphatic heterocycles. The lowest BCUT2D eigenvalue weighted by Gasteiger charge is -2.44. The average molecular weight is 265 g/mol. The second-order valence-corrected chi connectivity index (χ2v) is 5.70. The maximum absolute atomic E-state index is 14.0. The Morgan fingerprint density at radius 3 is 2.84 bits per heavy atom. The molecular weight excluding hydrogens is 241 g/mol. The highest BCUT2D eigenvalue weighted by Crippen LogP contribution is 2.42. The number of halogens is 1. The lowest BCUT2D eigenvalue weighted by Crippen LogP contribution is -2.47. The molecule has 3 atom stereocenters.